The van der Waals surface area contributed by atoms with Crippen LogP contribution in [0.1, 0.15) is 30.0 Å². The summed E-state index contributed by atoms with van der Waals surface area (Å²) in [4.78, 5) is 0. The van der Waals surface area contributed by atoms with E-state index in [9.17, 15) is 0 Å². The predicted octanol–water partition coefficient (Wildman–Crippen LogP) is 4.71. The number of thiocarbonyl (C=S) groups is 1. The van der Waals surface area contributed by atoms with Crippen LogP contribution in [0.15, 0.2) is 42.5 Å². The van der Waals surface area contributed by atoms with Gasteiger partial charge in [-0.2, -0.15) is 0 Å². The summed E-state index contributed by atoms with van der Waals surface area (Å²) in [5.41, 5.74) is 3.60. The first-order valence-electron chi connectivity index (χ1n) is 7.66. The monoisotopic (exact) mass is 346 g/mol. The van der Waals surface area contributed by atoms with Gasteiger partial charge in [-0.3, -0.25) is 0 Å². The van der Waals surface area contributed by atoms with Crippen LogP contribution in [0.5, 0.6) is 5.75 Å². The standard InChI is InChI=1S/C18H19ClN2OS/c1-22-17-10-9-13(11-15(17)19)20-18(23)21-16-8-4-6-12-5-2-3-7-14(12)16/h2-3,5,7,9-11,16H,4,6,8H2,1H3,(H2,20,21,23)/t16-/m1/s1. The molecule has 3 nitrogen and oxygen atoms in total. The van der Waals surface area contributed by atoms with Crippen molar-refractivity contribution in [2.75, 3.05) is 12.4 Å². The van der Waals surface area contributed by atoms with Crippen LogP contribution in [0, 0.1) is 0 Å². The normalized spacial score (nSPS) is 16.3. The smallest absolute Gasteiger partial charge is 0.171 e. The summed E-state index contributed by atoms with van der Waals surface area (Å²) in [5, 5.41) is 7.77. The Balaban J connectivity index is 1.67. The van der Waals surface area contributed by atoms with Gasteiger partial charge in [0.1, 0.15) is 5.75 Å². The number of fused-ring (bicyclic) bond motifs is 1. The first kappa shape index (κ1) is 16.1. The Kier molecular flexibility index (Phi) is 5.03. The van der Waals surface area contributed by atoms with Gasteiger partial charge >= 0.3 is 0 Å². The molecule has 1 atom stereocenters. The molecule has 0 aliphatic heterocycles. The second-order valence-electron chi connectivity index (χ2n) is 5.59. The van der Waals surface area contributed by atoms with Crippen molar-refractivity contribution >= 4 is 34.6 Å². The van der Waals surface area contributed by atoms with Gasteiger partial charge in [0.2, 0.25) is 0 Å². The van der Waals surface area contributed by atoms with E-state index in [0.717, 1.165) is 18.5 Å². The summed E-state index contributed by atoms with van der Waals surface area (Å²) in [5.74, 6) is 0.650. The van der Waals surface area contributed by atoms with E-state index in [1.54, 1.807) is 7.11 Å². The fourth-order valence-corrected chi connectivity index (χ4v) is 3.49. The number of hydrogen-bond acceptors (Lipinski definition) is 2. The van der Waals surface area contributed by atoms with Gasteiger partial charge < -0.3 is 15.4 Å². The maximum atomic E-state index is 6.14. The molecule has 0 unspecified atom stereocenters. The predicted molar refractivity (Wildman–Crippen MR) is 99.5 cm³/mol. The molecule has 2 N–H and O–H groups in total. The molecular formula is C18H19ClN2OS. The molecule has 0 saturated heterocycles. The molecule has 5 heteroatoms. The molecule has 3 rings (SSSR count). The molecule has 2 aromatic rings. The van der Waals surface area contributed by atoms with E-state index in [-0.39, 0.29) is 6.04 Å². The quantitative estimate of drug-likeness (QED) is 0.788. The fraction of sp³-hybridized carbons (Fsp3) is 0.278. The van der Waals surface area contributed by atoms with Crippen molar-refractivity contribution in [2.45, 2.75) is 25.3 Å². The van der Waals surface area contributed by atoms with Crippen molar-refractivity contribution in [3.63, 3.8) is 0 Å². The van der Waals surface area contributed by atoms with E-state index >= 15 is 0 Å². The van der Waals surface area contributed by atoms with Crippen molar-refractivity contribution in [1.29, 1.82) is 0 Å². The van der Waals surface area contributed by atoms with Crippen molar-refractivity contribution in [3.8, 4) is 5.75 Å². The van der Waals surface area contributed by atoms with Gasteiger partial charge in [0.25, 0.3) is 0 Å². The largest absolute Gasteiger partial charge is 0.495 e. The van der Waals surface area contributed by atoms with E-state index in [1.165, 1.54) is 17.5 Å². The van der Waals surface area contributed by atoms with Crippen molar-refractivity contribution < 1.29 is 4.74 Å². The van der Waals surface area contributed by atoms with Crippen LogP contribution in [-0.2, 0) is 6.42 Å². The highest BCUT2D eigenvalue weighted by Gasteiger charge is 2.20. The van der Waals surface area contributed by atoms with Gasteiger partial charge in [-0.25, -0.2) is 0 Å². The lowest BCUT2D eigenvalue weighted by atomic mass is 9.88. The van der Waals surface area contributed by atoms with E-state index in [0.29, 0.717) is 15.9 Å². The van der Waals surface area contributed by atoms with Crippen molar-refractivity contribution in [1.82, 2.24) is 5.32 Å². The molecule has 0 saturated carbocycles. The maximum Gasteiger partial charge on any atom is 0.171 e. The molecule has 0 amide bonds. The Morgan fingerprint density at radius 3 is 2.87 bits per heavy atom. The van der Waals surface area contributed by atoms with E-state index in [4.69, 9.17) is 28.6 Å². The SMILES string of the molecule is COc1ccc(NC(=S)N[C@@H]2CCCc3ccccc32)cc1Cl. The highest BCUT2D eigenvalue weighted by Crippen LogP contribution is 2.30. The third-order valence-corrected chi connectivity index (χ3v) is 4.60. The summed E-state index contributed by atoms with van der Waals surface area (Å²) >= 11 is 11.6. The van der Waals surface area contributed by atoms with Gasteiger partial charge in [-0.05, 0) is 60.8 Å². The summed E-state index contributed by atoms with van der Waals surface area (Å²) < 4.78 is 5.16. The van der Waals surface area contributed by atoms with Crippen molar-refractivity contribution in [3.05, 3.63) is 58.6 Å². The van der Waals surface area contributed by atoms with Crippen LogP contribution < -0.4 is 15.4 Å². The first-order chi connectivity index (χ1) is 11.2. The average Bonchev–Trinajstić information content (AvgIpc) is 2.55. The molecule has 120 valence electrons. The highest BCUT2D eigenvalue weighted by atomic mass is 35.5. The zero-order valence-electron chi connectivity index (χ0n) is 12.9. The fourth-order valence-electron chi connectivity index (χ4n) is 2.97. The number of nitrogens with one attached hydrogen (secondary N) is 2. The van der Waals surface area contributed by atoms with E-state index in [1.807, 2.05) is 18.2 Å². The van der Waals surface area contributed by atoms with Crippen LogP contribution in [0.25, 0.3) is 0 Å². The van der Waals surface area contributed by atoms with Crippen molar-refractivity contribution in [2.24, 2.45) is 0 Å². The zero-order valence-corrected chi connectivity index (χ0v) is 14.5. The number of anilines is 1. The van der Waals surface area contributed by atoms with Gasteiger partial charge in [0, 0.05) is 5.69 Å². The maximum absolute atomic E-state index is 6.14. The topological polar surface area (TPSA) is 33.3 Å². The Hall–Kier alpha value is -1.78. The molecular weight excluding hydrogens is 328 g/mol. The molecule has 0 bridgehead atoms. The van der Waals surface area contributed by atoms with Crippen LogP contribution in [-0.4, -0.2) is 12.2 Å². The summed E-state index contributed by atoms with van der Waals surface area (Å²) in [6, 6.07) is 14.3. The minimum atomic E-state index is 0.258. The minimum absolute atomic E-state index is 0.258. The molecule has 2 aromatic carbocycles. The number of rotatable bonds is 3. The number of aryl methyl sites for hydroxylation is 1. The lowest BCUT2D eigenvalue weighted by Crippen LogP contribution is -2.34. The Morgan fingerprint density at radius 1 is 1.26 bits per heavy atom. The average molecular weight is 347 g/mol. The number of methoxy groups -OCH3 is 1. The highest BCUT2D eigenvalue weighted by molar-refractivity contribution is 7.80. The molecule has 1 aliphatic carbocycles. The van der Waals surface area contributed by atoms with E-state index < -0.39 is 0 Å². The van der Waals surface area contributed by atoms with Gasteiger partial charge in [0.15, 0.2) is 5.11 Å². The minimum Gasteiger partial charge on any atom is -0.495 e. The lowest BCUT2D eigenvalue weighted by molar-refractivity contribution is 0.415. The number of hydrogen-bond donors (Lipinski definition) is 2. The molecule has 23 heavy (non-hydrogen) atoms. The third-order valence-electron chi connectivity index (χ3n) is 4.08. The number of halogens is 1. The van der Waals surface area contributed by atoms with E-state index in [2.05, 4.69) is 34.9 Å². The lowest BCUT2D eigenvalue weighted by Gasteiger charge is -2.27. The number of benzene rings is 2. The molecule has 0 radical (unpaired) electrons. The Morgan fingerprint density at radius 2 is 2.09 bits per heavy atom. The molecule has 0 spiro atoms. The van der Waals surface area contributed by atoms with Crippen LogP contribution in [0.2, 0.25) is 5.02 Å². The van der Waals surface area contributed by atoms with Crippen LogP contribution in [0.3, 0.4) is 0 Å². The molecule has 0 fully saturated rings. The van der Waals surface area contributed by atoms with Crippen LogP contribution in [0.4, 0.5) is 5.69 Å². The third kappa shape index (κ3) is 3.77. The van der Waals surface area contributed by atoms with Gasteiger partial charge in [-0.1, -0.05) is 35.9 Å². The van der Waals surface area contributed by atoms with Gasteiger partial charge in [0.05, 0.1) is 18.2 Å². The summed E-state index contributed by atoms with van der Waals surface area (Å²) in [6.07, 6.45) is 3.40. The molecule has 1 aliphatic rings. The summed E-state index contributed by atoms with van der Waals surface area (Å²) in [7, 11) is 1.60. The second kappa shape index (κ2) is 7.20. The molecule has 0 heterocycles. The number of ether oxygens (including phenoxy) is 1. The van der Waals surface area contributed by atoms with Crippen LogP contribution >= 0.6 is 23.8 Å². The van der Waals surface area contributed by atoms with Gasteiger partial charge in [-0.15, -0.1) is 0 Å². The second-order valence-corrected chi connectivity index (χ2v) is 6.41. The molecule has 0 aromatic heterocycles. The Bertz CT molecular complexity index is 720. The zero-order chi connectivity index (χ0) is 16.2. The summed E-state index contributed by atoms with van der Waals surface area (Å²) in [6.45, 7) is 0. The Labute approximate surface area is 147 Å². The first-order valence-corrected chi connectivity index (χ1v) is 8.45.